The molecule has 0 saturated carbocycles. The lowest BCUT2D eigenvalue weighted by Crippen LogP contribution is -2.16. The zero-order chi connectivity index (χ0) is 23.3. The SMILES string of the molecule is CCCCCCCCOc1c2c(c(OCCCCCCCC)c3ccccc13)CC(C)CC2. The summed E-state index contributed by atoms with van der Waals surface area (Å²) in [6.07, 6.45) is 19.0. The number of rotatable bonds is 16. The Kier molecular flexibility index (Phi) is 11.4. The van der Waals surface area contributed by atoms with Gasteiger partial charge in [0.25, 0.3) is 0 Å². The third-order valence-corrected chi connectivity index (χ3v) is 7.26. The molecule has 0 heterocycles. The van der Waals surface area contributed by atoms with E-state index in [9.17, 15) is 0 Å². The van der Waals surface area contributed by atoms with Crippen LogP contribution in [0.2, 0.25) is 0 Å². The standard InChI is InChI=1S/C31H48O2/c1-4-6-8-10-12-16-22-32-30-26-18-14-15-19-27(26)31(29-24-25(3)20-21-28(29)30)33-23-17-13-11-9-7-5-2/h14-15,18-19,25H,4-13,16-17,20-24H2,1-3H3. The van der Waals surface area contributed by atoms with Crippen molar-refractivity contribution in [1.82, 2.24) is 0 Å². The monoisotopic (exact) mass is 452 g/mol. The van der Waals surface area contributed by atoms with Crippen LogP contribution in [0.1, 0.15) is 115 Å². The van der Waals surface area contributed by atoms with Gasteiger partial charge in [0.1, 0.15) is 11.5 Å². The van der Waals surface area contributed by atoms with E-state index in [1.165, 1.54) is 92.5 Å². The van der Waals surface area contributed by atoms with E-state index < -0.39 is 0 Å². The van der Waals surface area contributed by atoms with E-state index in [1.54, 1.807) is 0 Å². The molecule has 0 fully saturated rings. The molecule has 0 radical (unpaired) electrons. The second-order valence-corrected chi connectivity index (χ2v) is 10.2. The molecular weight excluding hydrogens is 404 g/mol. The van der Waals surface area contributed by atoms with Crippen LogP contribution in [0.25, 0.3) is 10.8 Å². The van der Waals surface area contributed by atoms with Crippen molar-refractivity contribution in [3.05, 3.63) is 35.4 Å². The van der Waals surface area contributed by atoms with Gasteiger partial charge in [-0.3, -0.25) is 0 Å². The normalized spacial score (nSPS) is 15.5. The van der Waals surface area contributed by atoms with E-state index >= 15 is 0 Å². The number of fused-ring (bicyclic) bond motifs is 2. The van der Waals surface area contributed by atoms with E-state index in [1.807, 2.05) is 0 Å². The summed E-state index contributed by atoms with van der Waals surface area (Å²) in [6.45, 7) is 8.59. The molecule has 0 bridgehead atoms. The van der Waals surface area contributed by atoms with Crippen LogP contribution in [0, 0.1) is 5.92 Å². The highest BCUT2D eigenvalue weighted by atomic mass is 16.5. The van der Waals surface area contributed by atoms with Gasteiger partial charge in [-0.05, 0) is 38.0 Å². The van der Waals surface area contributed by atoms with Crippen LogP contribution >= 0.6 is 0 Å². The first kappa shape index (κ1) is 25.9. The van der Waals surface area contributed by atoms with Gasteiger partial charge in [-0.2, -0.15) is 0 Å². The molecule has 0 aliphatic heterocycles. The van der Waals surface area contributed by atoms with Crippen molar-refractivity contribution in [2.45, 2.75) is 117 Å². The Morgan fingerprint density at radius 1 is 0.667 bits per heavy atom. The van der Waals surface area contributed by atoms with Crippen molar-refractivity contribution < 1.29 is 9.47 Å². The van der Waals surface area contributed by atoms with Gasteiger partial charge in [-0.15, -0.1) is 0 Å². The van der Waals surface area contributed by atoms with Gasteiger partial charge in [0.15, 0.2) is 0 Å². The molecule has 1 aliphatic carbocycles. The Hall–Kier alpha value is -1.70. The van der Waals surface area contributed by atoms with Gasteiger partial charge in [0.05, 0.1) is 13.2 Å². The molecule has 3 rings (SSSR count). The second-order valence-electron chi connectivity index (χ2n) is 10.2. The van der Waals surface area contributed by atoms with E-state index in [0.29, 0.717) is 5.92 Å². The van der Waals surface area contributed by atoms with Crippen molar-refractivity contribution in [3.63, 3.8) is 0 Å². The third-order valence-electron chi connectivity index (χ3n) is 7.26. The zero-order valence-electron chi connectivity index (χ0n) is 21.7. The van der Waals surface area contributed by atoms with Gasteiger partial charge in [0.2, 0.25) is 0 Å². The summed E-state index contributed by atoms with van der Waals surface area (Å²) >= 11 is 0. The molecule has 33 heavy (non-hydrogen) atoms. The maximum atomic E-state index is 6.55. The third kappa shape index (κ3) is 7.66. The predicted octanol–water partition coefficient (Wildman–Crippen LogP) is 9.44. The van der Waals surface area contributed by atoms with Crippen LogP contribution in [-0.4, -0.2) is 13.2 Å². The highest BCUT2D eigenvalue weighted by Gasteiger charge is 2.26. The lowest BCUT2D eigenvalue weighted by atomic mass is 9.82. The fourth-order valence-electron chi connectivity index (χ4n) is 5.24. The first-order valence-electron chi connectivity index (χ1n) is 14.1. The summed E-state index contributed by atoms with van der Waals surface area (Å²) < 4.78 is 13.1. The van der Waals surface area contributed by atoms with Crippen LogP contribution in [0.15, 0.2) is 24.3 Å². The molecule has 2 nitrogen and oxygen atoms in total. The van der Waals surface area contributed by atoms with E-state index in [2.05, 4.69) is 45.0 Å². The van der Waals surface area contributed by atoms with E-state index in [4.69, 9.17) is 9.47 Å². The first-order chi connectivity index (χ1) is 16.3. The molecule has 1 unspecified atom stereocenters. The predicted molar refractivity (Wildman–Crippen MR) is 143 cm³/mol. The minimum atomic E-state index is 0.710. The molecule has 0 saturated heterocycles. The van der Waals surface area contributed by atoms with Gasteiger partial charge in [-0.25, -0.2) is 0 Å². The van der Waals surface area contributed by atoms with Crippen molar-refractivity contribution in [1.29, 1.82) is 0 Å². The molecule has 2 heteroatoms. The van der Waals surface area contributed by atoms with Crippen molar-refractivity contribution in [2.24, 2.45) is 5.92 Å². The molecule has 0 N–H and O–H groups in total. The summed E-state index contributed by atoms with van der Waals surface area (Å²) in [4.78, 5) is 0. The molecule has 0 spiro atoms. The largest absolute Gasteiger partial charge is 0.493 e. The van der Waals surface area contributed by atoms with Gasteiger partial charge < -0.3 is 9.47 Å². The molecule has 2 aromatic carbocycles. The van der Waals surface area contributed by atoms with Gasteiger partial charge in [0, 0.05) is 21.9 Å². The number of benzene rings is 2. The van der Waals surface area contributed by atoms with Crippen molar-refractivity contribution in [3.8, 4) is 11.5 Å². The van der Waals surface area contributed by atoms with E-state index in [0.717, 1.165) is 50.4 Å². The summed E-state index contributed by atoms with van der Waals surface area (Å²) in [6, 6.07) is 8.77. The summed E-state index contributed by atoms with van der Waals surface area (Å²) in [7, 11) is 0. The lowest BCUT2D eigenvalue weighted by Gasteiger charge is -2.28. The maximum Gasteiger partial charge on any atom is 0.130 e. The minimum Gasteiger partial charge on any atom is -0.493 e. The number of hydrogen-bond donors (Lipinski definition) is 0. The fraction of sp³-hybridized carbons (Fsp3) is 0.677. The topological polar surface area (TPSA) is 18.5 Å². The quantitative estimate of drug-likeness (QED) is 0.236. The fourth-order valence-corrected chi connectivity index (χ4v) is 5.24. The molecule has 0 aromatic heterocycles. The minimum absolute atomic E-state index is 0.710. The molecule has 1 aliphatic rings. The molecule has 1 atom stereocenters. The number of hydrogen-bond acceptors (Lipinski definition) is 2. The Balaban J connectivity index is 1.72. The Labute approximate surface area is 203 Å². The van der Waals surface area contributed by atoms with Gasteiger partial charge in [-0.1, -0.05) is 109 Å². The van der Waals surface area contributed by atoms with Crippen molar-refractivity contribution in [2.75, 3.05) is 13.2 Å². The maximum absolute atomic E-state index is 6.55. The highest BCUT2D eigenvalue weighted by Crippen LogP contribution is 2.45. The summed E-state index contributed by atoms with van der Waals surface area (Å²) in [5.74, 6) is 3.00. The molecular formula is C31H48O2. The number of ether oxygens (including phenoxy) is 2. The second kappa shape index (κ2) is 14.5. The van der Waals surface area contributed by atoms with Crippen LogP contribution in [0.4, 0.5) is 0 Å². The summed E-state index contributed by atoms with van der Waals surface area (Å²) in [5.41, 5.74) is 2.85. The lowest BCUT2D eigenvalue weighted by molar-refractivity contribution is 0.291. The summed E-state index contributed by atoms with van der Waals surface area (Å²) in [5, 5.41) is 2.49. The Bertz CT molecular complexity index is 825. The Morgan fingerprint density at radius 3 is 1.70 bits per heavy atom. The van der Waals surface area contributed by atoms with Crippen molar-refractivity contribution >= 4 is 10.8 Å². The number of unbranched alkanes of at least 4 members (excludes halogenated alkanes) is 10. The first-order valence-corrected chi connectivity index (χ1v) is 14.1. The Morgan fingerprint density at radius 2 is 1.15 bits per heavy atom. The van der Waals surface area contributed by atoms with Crippen LogP contribution in [-0.2, 0) is 12.8 Å². The molecule has 184 valence electrons. The average molecular weight is 453 g/mol. The van der Waals surface area contributed by atoms with Crippen LogP contribution in [0.5, 0.6) is 11.5 Å². The van der Waals surface area contributed by atoms with E-state index in [-0.39, 0.29) is 0 Å². The molecule has 0 amide bonds. The average Bonchev–Trinajstić information content (AvgIpc) is 2.83. The van der Waals surface area contributed by atoms with Gasteiger partial charge >= 0.3 is 0 Å². The highest BCUT2D eigenvalue weighted by molar-refractivity contribution is 5.96. The van der Waals surface area contributed by atoms with Crippen LogP contribution in [0.3, 0.4) is 0 Å². The zero-order valence-corrected chi connectivity index (χ0v) is 21.7. The molecule has 2 aromatic rings. The van der Waals surface area contributed by atoms with Crippen LogP contribution < -0.4 is 9.47 Å². The smallest absolute Gasteiger partial charge is 0.130 e.